The second-order valence-corrected chi connectivity index (χ2v) is 4.42. The number of allylic oxidation sites excluding steroid dienone is 2. The summed E-state index contributed by atoms with van der Waals surface area (Å²) in [5.41, 5.74) is 2.39. The van der Waals surface area contributed by atoms with Gasteiger partial charge in [0.25, 0.3) is 0 Å². The van der Waals surface area contributed by atoms with Crippen molar-refractivity contribution in [2.45, 2.75) is 39.0 Å². The highest BCUT2D eigenvalue weighted by Gasteiger charge is 2.15. The highest BCUT2D eigenvalue weighted by Crippen LogP contribution is 2.31. The molecule has 1 aliphatic rings. The quantitative estimate of drug-likeness (QED) is 0.720. The lowest BCUT2D eigenvalue weighted by molar-refractivity contribution is -0.137. The minimum Gasteiger partial charge on any atom is -0.431 e. The van der Waals surface area contributed by atoms with Gasteiger partial charge in [0, 0.05) is 13.3 Å². The Bertz CT molecular complexity index is 418. The molecule has 0 bridgehead atoms. The van der Waals surface area contributed by atoms with Gasteiger partial charge in [-0.05, 0) is 30.4 Å². The lowest BCUT2D eigenvalue weighted by Gasteiger charge is -2.12. The van der Waals surface area contributed by atoms with Crippen molar-refractivity contribution in [3.63, 3.8) is 0 Å². The first-order valence-corrected chi connectivity index (χ1v) is 6.23. The van der Waals surface area contributed by atoms with Crippen molar-refractivity contribution in [1.82, 2.24) is 0 Å². The van der Waals surface area contributed by atoms with Gasteiger partial charge in [0.2, 0.25) is 0 Å². The molecule has 0 atom stereocenters. The number of benzene rings is 1. The molecule has 90 valence electrons. The third-order valence-corrected chi connectivity index (χ3v) is 3.06. The summed E-state index contributed by atoms with van der Waals surface area (Å²) in [7, 11) is 0. The molecule has 2 rings (SSSR count). The van der Waals surface area contributed by atoms with Crippen molar-refractivity contribution in [1.29, 1.82) is 0 Å². The topological polar surface area (TPSA) is 26.3 Å². The van der Waals surface area contributed by atoms with Crippen molar-refractivity contribution in [2.75, 3.05) is 0 Å². The molecular formula is C15H18O2. The summed E-state index contributed by atoms with van der Waals surface area (Å²) < 4.78 is 5.38. The van der Waals surface area contributed by atoms with Crippen molar-refractivity contribution >= 4 is 11.5 Å². The molecule has 0 unspecified atom stereocenters. The van der Waals surface area contributed by atoms with Crippen LogP contribution in [0.3, 0.4) is 0 Å². The summed E-state index contributed by atoms with van der Waals surface area (Å²) in [6.45, 7) is 1.47. The van der Waals surface area contributed by atoms with Crippen LogP contribution in [0, 0.1) is 0 Å². The van der Waals surface area contributed by atoms with E-state index in [2.05, 4.69) is 12.1 Å². The summed E-state index contributed by atoms with van der Waals surface area (Å²) in [6, 6.07) is 10.2. The van der Waals surface area contributed by atoms with Crippen LogP contribution in [0.5, 0.6) is 0 Å². The first-order valence-electron chi connectivity index (χ1n) is 6.23. The minimum atomic E-state index is -0.213. The van der Waals surface area contributed by atoms with E-state index in [1.54, 1.807) is 0 Å². The van der Waals surface area contributed by atoms with Gasteiger partial charge in [0.05, 0.1) is 0 Å². The molecule has 1 aromatic carbocycles. The summed E-state index contributed by atoms with van der Waals surface area (Å²) >= 11 is 0. The molecule has 1 aliphatic carbocycles. The minimum absolute atomic E-state index is 0.213. The molecule has 0 fully saturated rings. The number of carbonyl (C=O) groups is 1. The fourth-order valence-electron chi connectivity index (χ4n) is 2.29. The molecule has 0 saturated carbocycles. The van der Waals surface area contributed by atoms with E-state index >= 15 is 0 Å². The Labute approximate surface area is 102 Å². The van der Waals surface area contributed by atoms with Crippen molar-refractivity contribution in [3.05, 3.63) is 41.7 Å². The molecule has 0 saturated heterocycles. The van der Waals surface area contributed by atoms with E-state index in [9.17, 15) is 4.79 Å². The maximum absolute atomic E-state index is 11.1. The maximum Gasteiger partial charge on any atom is 0.307 e. The van der Waals surface area contributed by atoms with E-state index in [1.807, 2.05) is 18.2 Å². The normalized spacial score (nSPS) is 16.5. The molecule has 0 aliphatic heterocycles. The Morgan fingerprint density at radius 1 is 1.06 bits per heavy atom. The zero-order valence-corrected chi connectivity index (χ0v) is 10.2. The van der Waals surface area contributed by atoms with Crippen molar-refractivity contribution in [3.8, 4) is 0 Å². The smallest absolute Gasteiger partial charge is 0.307 e. The van der Waals surface area contributed by atoms with Gasteiger partial charge in [0.1, 0.15) is 5.76 Å². The van der Waals surface area contributed by atoms with Gasteiger partial charge < -0.3 is 4.74 Å². The summed E-state index contributed by atoms with van der Waals surface area (Å²) in [4.78, 5) is 11.1. The molecule has 1 aromatic rings. The van der Waals surface area contributed by atoms with E-state index in [-0.39, 0.29) is 5.97 Å². The van der Waals surface area contributed by atoms with Gasteiger partial charge in [-0.1, -0.05) is 36.8 Å². The van der Waals surface area contributed by atoms with Crippen LogP contribution >= 0.6 is 0 Å². The third-order valence-electron chi connectivity index (χ3n) is 3.06. The van der Waals surface area contributed by atoms with Crippen LogP contribution in [-0.4, -0.2) is 5.97 Å². The van der Waals surface area contributed by atoms with Crippen LogP contribution in [0.15, 0.2) is 36.1 Å². The average molecular weight is 230 g/mol. The molecule has 0 amide bonds. The molecule has 2 nitrogen and oxygen atoms in total. The zero-order chi connectivity index (χ0) is 12.1. The fraction of sp³-hybridized carbons (Fsp3) is 0.400. The molecule has 2 heteroatoms. The largest absolute Gasteiger partial charge is 0.431 e. The number of ether oxygens (including phenoxy) is 1. The molecule has 0 spiro atoms. The highest BCUT2D eigenvalue weighted by atomic mass is 16.5. The number of esters is 1. The molecule has 0 aromatic heterocycles. The lowest BCUT2D eigenvalue weighted by Crippen LogP contribution is -2.01. The average Bonchev–Trinajstić information content (AvgIpc) is 2.55. The molecule has 17 heavy (non-hydrogen) atoms. The van der Waals surface area contributed by atoms with Crippen molar-refractivity contribution in [2.24, 2.45) is 0 Å². The van der Waals surface area contributed by atoms with Gasteiger partial charge >= 0.3 is 5.97 Å². The Balaban J connectivity index is 2.34. The summed E-state index contributed by atoms with van der Waals surface area (Å²) in [6.07, 6.45) is 5.38. The van der Waals surface area contributed by atoms with Crippen LogP contribution in [0.1, 0.15) is 44.6 Å². The first kappa shape index (κ1) is 11.9. The summed E-state index contributed by atoms with van der Waals surface area (Å²) in [5.74, 6) is 0.663. The molecule has 0 N–H and O–H groups in total. The number of carbonyl (C=O) groups excluding carboxylic acids is 1. The van der Waals surface area contributed by atoms with Crippen LogP contribution in [0.2, 0.25) is 0 Å². The van der Waals surface area contributed by atoms with E-state index in [1.165, 1.54) is 30.9 Å². The van der Waals surface area contributed by atoms with Gasteiger partial charge in [-0.15, -0.1) is 0 Å². The highest BCUT2D eigenvalue weighted by molar-refractivity contribution is 5.73. The number of rotatable bonds is 2. The molecule has 0 heterocycles. The fourth-order valence-corrected chi connectivity index (χ4v) is 2.29. The van der Waals surface area contributed by atoms with Crippen LogP contribution in [-0.2, 0) is 9.53 Å². The third kappa shape index (κ3) is 3.19. The SMILES string of the molecule is CC(=O)OC1=C(c2ccccc2)CCCCC1. The Kier molecular flexibility index (Phi) is 3.97. The van der Waals surface area contributed by atoms with E-state index in [0.29, 0.717) is 0 Å². The van der Waals surface area contributed by atoms with E-state index in [0.717, 1.165) is 25.0 Å². The standard InChI is InChI=1S/C15H18O2/c1-12(16)17-15-11-7-3-6-10-14(15)13-8-4-2-5-9-13/h2,4-5,8-9H,3,6-7,10-11H2,1H3. The second-order valence-electron chi connectivity index (χ2n) is 4.42. The van der Waals surface area contributed by atoms with Crippen LogP contribution < -0.4 is 0 Å². The van der Waals surface area contributed by atoms with Crippen LogP contribution in [0.25, 0.3) is 5.57 Å². The monoisotopic (exact) mass is 230 g/mol. The van der Waals surface area contributed by atoms with Crippen molar-refractivity contribution < 1.29 is 9.53 Å². The number of hydrogen-bond donors (Lipinski definition) is 0. The van der Waals surface area contributed by atoms with Gasteiger partial charge in [-0.3, -0.25) is 4.79 Å². The number of hydrogen-bond acceptors (Lipinski definition) is 2. The van der Waals surface area contributed by atoms with Gasteiger partial charge in [0.15, 0.2) is 0 Å². The van der Waals surface area contributed by atoms with E-state index in [4.69, 9.17) is 4.74 Å². The maximum atomic E-state index is 11.1. The van der Waals surface area contributed by atoms with Crippen LogP contribution in [0.4, 0.5) is 0 Å². The van der Waals surface area contributed by atoms with Gasteiger partial charge in [-0.2, -0.15) is 0 Å². The first-order chi connectivity index (χ1) is 8.27. The Morgan fingerprint density at radius 3 is 2.47 bits per heavy atom. The summed E-state index contributed by atoms with van der Waals surface area (Å²) in [5, 5.41) is 0. The lowest BCUT2D eigenvalue weighted by atomic mass is 10.0. The van der Waals surface area contributed by atoms with Gasteiger partial charge in [-0.25, -0.2) is 0 Å². The van der Waals surface area contributed by atoms with E-state index < -0.39 is 0 Å². The Morgan fingerprint density at radius 2 is 1.76 bits per heavy atom. The predicted molar refractivity (Wildman–Crippen MR) is 68.2 cm³/mol. The predicted octanol–water partition coefficient (Wildman–Crippen LogP) is 3.92. The zero-order valence-electron chi connectivity index (χ0n) is 10.2. The Hall–Kier alpha value is -1.57. The second kappa shape index (κ2) is 5.67. The molecular weight excluding hydrogens is 212 g/mol. The molecule has 0 radical (unpaired) electrons.